The zero-order chi connectivity index (χ0) is 27.4. The molecule has 39 heavy (non-hydrogen) atoms. The van der Waals surface area contributed by atoms with Gasteiger partial charge in [-0.15, -0.1) is 0 Å². The smallest absolute Gasteiger partial charge is 0.234 e. The number of carbonyl (C=O) groups is 4. The van der Waals surface area contributed by atoms with Gasteiger partial charge < -0.3 is 9.84 Å². The molecule has 0 unspecified atom stereocenters. The molecule has 2 aromatic rings. The normalized spacial score (nSPS) is 26.2. The van der Waals surface area contributed by atoms with Gasteiger partial charge in [0, 0.05) is 28.7 Å². The fourth-order valence-electron chi connectivity index (χ4n) is 6.59. The van der Waals surface area contributed by atoms with Crippen molar-refractivity contribution in [2.75, 3.05) is 6.61 Å². The highest BCUT2D eigenvalue weighted by Gasteiger charge is 2.56. The minimum atomic E-state index is -0.737. The standard InChI is InChI=1S/C31H26BrNO6/c1-2-39-24-10-6-9-18(29(24)36)25-17-11-12-19-26(20(17)13-21-27(25)23(34)14-22(32)28(21)35)31(38)33(30(19)37)15-16-7-4-3-5-8-16/h3-11,14,19-20,25-26,36H,2,12-13,15H2,1H3/t19-,20+,25+,26-/m0/s1. The zero-order valence-electron chi connectivity index (χ0n) is 21.2. The number of ketones is 2. The number of halogens is 1. The summed E-state index contributed by atoms with van der Waals surface area (Å²) >= 11 is 3.23. The van der Waals surface area contributed by atoms with Gasteiger partial charge in [-0.05, 0) is 53.2 Å². The SMILES string of the molecule is CCOc1cccc([C@H]2C3=CC[C@@H]4C(=O)N(Cc5ccccc5)C(=O)[C@@H]4[C@@H]3CC3=C2C(=O)C=C(Br)C3=O)c1O. The summed E-state index contributed by atoms with van der Waals surface area (Å²) in [7, 11) is 0. The molecule has 1 N–H and O–H groups in total. The predicted molar refractivity (Wildman–Crippen MR) is 146 cm³/mol. The topological polar surface area (TPSA) is 101 Å². The third-order valence-electron chi connectivity index (χ3n) is 8.25. The van der Waals surface area contributed by atoms with E-state index in [1.807, 2.05) is 43.3 Å². The number of ether oxygens (including phenoxy) is 1. The maximum absolute atomic E-state index is 13.8. The van der Waals surface area contributed by atoms with Crippen LogP contribution in [0.2, 0.25) is 0 Å². The van der Waals surface area contributed by atoms with Gasteiger partial charge in [-0.2, -0.15) is 0 Å². The lowest BCUT2D eigenvalue weighted by atomic mass is 9.59. The number of carbonyl (C=O) groups excluding carboxylic acids is 4. The maximum atomic E-state index is 13.8. The van der Waals surface area contributed by atoms with E-state index in [2.05, 4.69) is 15.9 Å². The van der Waals surface area contributed by atoms with Crippen LogP contribution in [0.4, 0.5) is 0 Å². The zero-order valence-corrected chi connectivity index (χ0v) is 22.8. The van der Waals surface area contributed by atoms with Crippen molar-refractivity contribution in [3.63, 3.8) is 0 Å². The van der Waals surface area contributed by atoms with Crippen molar-refractivity contribution in [3.05, 3.63) is 93.0 Å². The first-order valence-electron chi connectivity index (χ1n) is 13.0. The average Bonchev–Trinajstić information content (AvgIpc) is 3.17. The van der Waals surface area contributed by atoms with E-state index in [4.69, 9.17) is 4.74 Å². The number of para-hydroxylation sites is 1. The monoisotopic (exact) mass is 587 g/mol. The van der Waals surface area contributed by atoms with Gasteiger partial charge in [0.1, 0.15) is 0 Å². The molecule has 3 aliphatic carbocycles. The Morgan fingerprint density at radius 1 is 1.00 bits per heavy atom. The van der Waals surface area contributed by atoms with Gasteiger partial charge in [-0.1, -0.05) is 54.1 Å². The van der Waals surface area contributed by atoms with E-state index in [0.717, 1.165) is 11.1 Å². The number of fused-ring (bicyclic) bond motifs is 3. The van der Waals surface area contributed by atoms with E-state index >= 15 is 0 Å². The fraction of sp³-hybridized carbons (Fsp3) is 0.290. The van der Waals surface area contributed by atoms with Crippen LogP contribution in [0, 0.1) is 17.8 Å². The minimum absolute atomic E-state index is 0.103. The second-order valence-electron chi connectivity index (χ2n) is 10.3. The van der Waals surface area contributed by atoms with Crippen LogP contribution in [-0.4, -0.2) is 40.0 Å². The summed E-state index contributed by atoms with van der Waals surface area (Å²) in [6.45, 7) is 2.34. The Labute approximate surface area is 234 Å². The molecule has 6 rings (SSSR count). The fourth-order valence-corrected chi connectivity index (χ4v) is 7.04. The Morgan fingerprint density at radius 3 is 2.51 bits per heavy atom. The van der Waals surface area contributed by atoms with Crippen molar-refractivity contribution in [2.24, 2.45) is 17.8 Å². The molecule has 2 amide bonds. The molecule has 1 aliphatic heterocycles. The van der Waals surface area contributed by atoms with Crippen LogP contribution in [0.5, 0.6) is 11.5 Å². The number of hydrogen-bond donors (Lipinski definition) is 1. The number of amides is 2. The number of phenolic OH excluding ortho intramolecular Hbond substituents is 1. The van der Waals surface area contributed by atoms with Crippen molar-refractivity contribution in [1.82, 2.24) is 4.90 Å². The van der Waals surface area contributed by atoms with E-state index in [1.54, 1.807) is 18.2 Å². The van der Waals surface area contributed by atoms with Gasteiger partial charge >= 0.3 is 0 Å². The predicted octanol–water partition coefficient (Wildman–Crippen LogP) is 4.75. The lowest BCUT2D eigenvalue weighted by molar-refractivity contribution is -0.140. The van der Waals surface area contributed by atoms with Crippen LogP contribution >= 0.6 is 15.9 Å². The maximum Gasteiger partial charge on any atom is 0.234 e. The summed E-state index contributed by atoms with van der Waals surface area (Å²) in [5, 5.41) is 11.2. The third kappa shape index (κ3) is 4.00. The van der Waals surface area contributed by atoms with E-state index in [0.29, 0.717) is 29.7 Å². The Hall–Kier alpha value is -3.78. The molecule has 0 bridgehead atoms. The van der Waals surface area contributed by atoms with Gasteiger partial charge in [-0.3, -0.25) is 24.1 Å². The molecular formula is C31H26BrNO6. The van der Waals surface area contributed by atoms with Crippen molar-refractivity contribution in [1.29, 1.82) is 0 Å². The number of imide groups is 1. The molecule has 8 heteroatoms. The molecule has 0 radical (unpaired) electrons. The second-order valence-corrected chi connectivity index (χ2v) is 11.1. The van der Waals surface area contributed by atoms with Crippen molar-refractivity contribution >= 4 is 39.3 Å². The van der Waals surface area contributed by atoms with Crippen LogP contribution in [-0.2, 0) is 25.7 Å². The van der Waals surface area contributed by atoms with Gasteiger partial charge in [0.15, 0.2) is 23.1 Å². The Kier molecular flexibility index (Phi) is 6.38. The van der Waals surface area contributed by atoms with Crippen LogP contribution in [0.1, 0.15) is 36.8 Å². The van der Waals surface area contributed by atoms with Crippen LogP contribution < -0.4 is 4.74 Å². The average molecular weight is 588 g/mol. The summed E-state index contributed by atoms with van der Waals surface area (Å²) in [5.41, 5.74) is 2.72. The third-order valence-corrected chi connectivity index (χ3v) is 8.84. The Bertz CT molecular complexity index is 1520. The highest BCUT2D eigenvalue weighted by atomic mass is 79.9. The molecule has 1 fully saturated rings. The summed E-state index contributed by atoms with van der Waals surface area (Å²) in [6, 6.07) is 14.5. The minimum Gasteiger partial charge on any atom is -0.504 e. The Morgan fingerprint density at radius 2 is 1.77 bits per heavy atom. The molecule has 198 valence electrons. The number of nitrogens with zero attached hydrogens (tertiary/aromatic N) is 1. The summed E-state index contributed by atoms with van der Waals surface area (Å²) in [6.07, 6.45) is 3.74. The lowest BCUT2D eigenvalue weighted by Crippen LogP contribution is -2.39. The number of allylic oxidation sites excluding steroid dienone is 6. The number of hydrogen-bond acceptors (Lipinski definition) is 6. The Balaban J connectivity index is 1.46. The van der Waals surface area contributed by atoms with Crippen molar-refractivity contribution < 1.29 is 29.0 Å². The molecule has 4 aliphatic rings. The molecule has 2 aromatic carbocycles. The van der Waals surface area contributed by atoms with Crippen molar-refractivity contribution in [2.45, 2.75) is 32.2 Å². The molecule has 1 saturated heterocycles. The number of phenols is 1. The molecule has 4 atom stereocenters. The molecule has 1 heterocycles. The number of rotatable bonds is 5. The van der Waals surface area contributed by atoms with E-state index < -0.39 is 23.7 Å². The van der Waals surface area contributed by atoms with E-state index in [1.165, 1.54) is 11.0 Å². The first-order valence-corrected chi connectivity index (χ1v) is 13.8. The number of aromatic hydroxyl groups is 1. The first kappa shape index (κ1) is 25.5. The second kappa shape index (κ2) is 9.75. The molecule has 0 saturated carbocycles. The lowest BCUT2D eigenvalue weighted by Gasteiger charge is -2.42. The number of Topliss-reactive ketones (excluding diaryl/α,β-unsaturated/α-hetero) is 1. The molecule has 0 spiro atoms. The van der Waals surface area contributed by atoms with Crippen LogP contribution in [0.25, 0.3) is 0 Å². The summed E-state index contributed by atoms with van der Waals surface area (Å²) in [5.74, 6) is -3.31. The van der Waals surface area contributed by atoms with E-state index in [9.17, 15) is 24.3 Å². The van der Waals surface area contributed by atoms with Gasteiger partial charge in [0.2, 0.25) is 11.8 Å². The van der Waals surface area contributed by atoms with Gasteiger partial charge in [-0.25, -0.2) is 0 Å². The molecule has 7 nitrogen and oxygen atoms in total. The highest BCUT2D eigenvalue weighted by Crippen LogP contribution is 2.57. The van der Waals surface area contributed by atoms with Crippen LogP contribution in [0.15, 0.2) is 81.9 Å². The number of benzene rings is 2. The first-order chi connectivity index (χ1) is 18.8. The largest absolute Gasteiger partial charge is 0.504 e. The molecular weight excluding hydrogens is 562 g/mol. The van der Waals surface area contributed by atoms with Crippen LogP contribution in [0.3, 0.4) is 0 Å². The summed E-state index contributed by atoms with van der Waals surface area (Å²) in [4.78, 5) is 55.4. The van der Waals surface area contributed by atoms with E-state index in [-0.39, 0.29) is 52.3 Å². The van der Waals surface area contributed by atoms with Gasteiger partial charge in [0.05, 0.1) is 29.5 Å². The van der Waals surface area contributed by atoms with Crippen molar-refractivity contribution in [3.8, 4) is 11.5 Å². The summed E-state index contributed by atoms with van der Waals surface area (Å²) < 4.78 is 5.78. The molecule has 0 aromatic heterocycles. The quantitative estimate of drug-likeness (QED) is 0.308. The van der Waals surface area contributed by atoms with Gasteiger partial charge in [0.25, 0.3) is 0 Å². The highest BCUT2D eigenvalue weighted by molar-refractivity contribution is 9.12. The number of likely N-dealkylation sites (tertiary alicyclic amines) is 1.